The predicted octanol–water partition coefficient (Wildman–Crippen LogP) is 4.90. The van der Waals surface area contributed by atoms with Crippen LogP contribution >= 0.6 is 0 Å². The van der Waals surface area contributed by atoms with E-state index in [9.17, 15) is 18.0 Å². The number of fused-ring (bicyclic) bond motifs is 1. The number of carbonyl (C=O) groups is 1. The van der Waals surface area contributed by atoms with Gasteiger partial charge in [-0.2, -0.15) is 0 Å². The number of benzene rings is 3. The summed E-state index contributed by atoms with van der Waals surface area (Å²) in [5.74, 6) is -4.39. The van der Waals surface area contributed by atoms with Crippen molar-refractivity contribution in [3.05, 3.63) is 72.0 Å². The minimum atomic E-state index is -1.63. The molecule has 0 spiro atoms. The number of carbonyl (C=O) groups excluding carboxylic acids is 1. The second-order valence-electron chi connectivity index (χ2n) is 4.83. The van der Waals surface area contributed by atoms with Crippen LogP contribution in [0.25, 0.3) is 10.8 Å². The fourth-order valence-electron chi connectivity index (χ4n) is 2.23. The van der Waals surface area contributed by atoms with Crippen molar-refractivity contribution in [2.45, 2.75) is 0 Å². The molecule has 0 aliphatic carbocycles. The SMILES string of the molecule is O=C(Nc1ccc(F)c(F)c1F)Nc1cccc2ccccc12. The Morgan fingerprint density at radius 3 is 2.26 bits per heavy atom. The van der Waals surface area contributed by atoms with Gasteiger partial charge in [-0.15, -0.1) is 0 Å². The summed E-state index contributed by atoms with van der Waals surface area (Å²) in [6, 6.07) is 13.7. The molecular weight excluding hydrogens is 305 g/mol. The lowest BCUT2D eigenvalue weighted by atomic mass is 10.1. The number of hydrogen-bond acceptors (Lipinski definition) is 1. The highest BCUT2D eigenvalue weighted by atomic mass is 19.2. The molecule has 0 aliphatic rings. The predicted molar refractivity (Wildman–Crippen MR) is 82.9 cm³/mol. The number of amides is 2. The molecule has 3 aromatic rings. The van der Waals surface area contributed by atoms with Crippen LogP contribution in [-0.4, -0.2) is 6.03 Å². The molecule has 0 unspecified atom stereocenters. The Hall–Kier alpha value is -3.02. The van der Waals surface area contributed by atoms with Crippen molar-refractivity contribution in [2.75, 3.05) is 10.6 Å². The third-order valence-electron chi connectivity index (χ3n) is 3.32. The van der Waals surface area contributed by atoms with Crippen LogP contribution in [0.5, 0.6) is 0 Å². The van der Waals surface area contributed by atoms with E-state index in [0.29, 0.717) is 5.69 Å². The van der Waals surface area contributed by atoms with Crippen molar-refractivity contribution in [3.8, 4) is 0 Å². The maximum Gasteiger partial charge on any atom is 0.323 e. The summed E-state index contributed by atoms with van der Waals surface area (Å²) < 4.78 is 39.6. The van der Waals surface area contributed by atoms with E-state index >= 15 is 0 Å². The molecule has 0 bridgehead atoms. The van der Waals surface area contributed by atoms with Crippen LogP contribution in [0, 0.1) is 17.5 Å². The van der Waals surface area contributed by atoms with Crippen molar-refractivity contribution < 1.29 is 18.0 Å². The minimum absolute atomic E-state index is 0.443. The smallest absolute Gasteiger partial charge is 0.307 e. The molecular formula is C17H11F3N2O. The first-order valence-corrected chi connectivity index (χ1v) is 6.75. The van der Waals surface area contributed by atoms with Gasteiger partial charge in [-0.1, -0.05) is 36.4 Å². The molecule has 0 aromatic heterocycles. The highest BCUT2D eigenvalue weighted by Crippen LogP contribution is 2.24. The van der Waals surface area contributed by atoms with Gasteiger partial charge in [-0.05, 0) is 23.6 Å². The fraction of sp³-hybridized carbons (Fsp3) is 0. The molecule has 6 heteroatoms. The average Bonchev–Trinajstić information content (AvgIpc) is 2.56. The zero-order chi connectivity index (χ0) is 16.4. The van der Waals surface area contributed by atoms with Gasteiger partial charge < -0.3 is 10.6 Å². The van der Waals surface area contributed by atoms with E-state index in [1.807, 2.05) is 30.3 Å². The molecule has 0 heterocycles. The quantitative estimate of drug-likeness (QED) is 0.649. The standard InChI is InChI=1S/C17H11F3N2O/c18-12-8-9-14(16(20)15(12)19)22-17(23)21-13-7-3-5-10-4-1-2-6-11(10)13/h1-9H,(H2,21,22,23). The summed E-state index contributed by atoms with van der Waals surface area (Å²) >= 11 is 0. The summed E-state index contributed by atoms with van der Waals surface area (Å²) in [5.41, 5.74) is 0.0743. The second kappa shape index (κ2) is 6.00. The van der Waals surface area contributed by atoms with Crippen LogP contribution in [0.1, 0.15) is 0 Å². The van der Waals surface area contributed by atoms with Crippen molar-refractivity contribution in [3.63, 3.8) is 0 Å². The lowest BCUT2D eigenvalue weighted by molar-refractivity contribution is 0.262. The molecule has 0 aliphatic heterocycles. The highest BCUT2D eigenvalue weighted by molar-refractivity contribution is 6.06. The normalized spacial score (nSPS) is 10.6. The molecule has 2 amide bonds. The number of hydrogen-bond donors (Lipinski definition) is 2. The first-order valence-electron chi connectivity index (χ1n) is 6.75. The maximum atomic E-state index is 13.6. The summed E-state index contributed by atoms with van der Waals surface area (Å²) in [4.78, 5) is 12.0. The Morgan fingerprint density at radius 1 is 0.739 bits per heavy atom. The van der Waals surface area contributed by atoms with Crippen LogP contribution < -0.4 is 10.6 Å². The van der Waals surface area contributed by atoms with Gasteiger partial charge in [0.05, 0.1) is 11.4 Å². The van der Waals surface area contributed by atoms with Gasteiger partial charge in [0.2, 0.25) is 0 Å². The van der Waals surface area contributed by atoms with Gasteiger partial charge in [0.15, 0.2) is 17.5 Å². The third kappa shape index (κ3) is 2.96. The molecule has 3 nitrogen and oxygen atoms in total. The zero-order valence-electron chi connectivity index (χ0n) is 11.7. The average molecular weight is 316 g/mol. The van der Waals surface area contributed by atoms with Crippen molar-refractivity contribution in [1.82, 2.24) is 0 Å². The summed E-state index contributed by atoms with van der Waals surface area (Å²) in [5, 5.41) is 6.44. The maximum absolute atomic E-state index is 13.6. The van der Waals surface area contributed by atoms with Gasteiger partial charge in [0, 0.05) is 5.39 Å². The van der Waals surface area contributed by atoms with Crippen molar-refractivity contribution in [1.29, 1.82) is 0 Å². The molecule has 23 heavy (non-hydrogen) atoms. The minimum Gasteiger partial charge on any atom is -0.307 e. The van der Waals surface area contributed by atoms with E-state index in [2.05, 4.69) is 10.6 Å². The van der Waals surface area contributed by atoms with Crippen LogP contribution in [0.15, 0.2) is 54.6 Å². The van der Waals surface area contributed by atoms with Gasteiger partial charge in [0.1, 0.15) is 0 Å². The molecule has 0 radical (unpaired) electrons. The fourth-order valence-corrected chi connectivity index (χ4v) is 2.23. The molecule has 3 aromatic carbocycles. The molecule has 0 atom stereocenters. The Morgan fingerprint density at radius 2 is 1.43 bits per heavy atom. The molecule has 0 fully saturated rings. The van der Waals surface area contributed by atoms with E-state index in [1.165, 1.54) is 0 Å². The van der Waals surface area contributed by atoms with Gasteiger partial charge >= 0.3 is 6.03 Å². The summed E-state index contributed by atoms with van der Waals surface area (Å²) in [6.45, 7) is 0. The van der Waals surface area contributed by atoms with Crippen molar-refractivity contribution >= 4 is 28.2 Å². The lowest BCUT2D eigenvalue weighted by Crippen LogP contribution is -2.20. The van der Waals surface area contributed by atoms with E-state index < -0.39 is 29.2 Å². The molecule has 116 valence electrons. The molecule has 0 saturated carbocycles. The number of urea groups is 1. The first kappa shape index (κ1) is 14.9. The Labute approximate surface area is 129 Å². The topological polar surface area (TPSA) is 41.1 Å². The Balaban J connectivity index is 1.83. The van der Waals surface area contributed by atoms with Gasteiger partial charge in [-0.25, -0.2) is 18.0 Å². The molecule has 2 N–H and O–H groups in total. The molecule has 0 saturated heterocycles. The number of halogens is 3. The van der Waals surface area contributed by atoms with Crippen LogP contribution in [0.4, 0.5) is 29.3 Å². The van der Waals surface area contributed by atoms with E-state index in [1.54, 1.807) is 12.1 Å². The van der Waals surface area contributed by atoms with E-state index in [0.717, 1.165) is 22.9 Å². The van der Waals surface area contributed by atoms with Crippen LogP contribution in [0.3, 0.4) is 0 Å². The summed E-state index contributed by atoms with van der Waals surface area (Å²) in [7, 11) is 0. The first-order chi connectivity index (χ1) is 11.1. The molecule has 3 rings (SSSR count). The van der Waals surface area contributed by atoms with Crippen LogP contribution in [-0.2, 0) is 0 Å². The van der Waals surface area contributed by atoms with Crippen molar-refractivity contribution in [2.24, 2.45) is 0 Å². The largest absolute Gasteiger partial charge is 0.323 e. The highest BCUT2D eigenvalue weighted by Gasteiger charge is 2.15. The van der Waals surface area contributed by atoms with E-state index in [4.69, 9.17) is 0 Å². The number of rotatable bonds is 2. The third-order valence-corrected chi connectivity index (χ3v) is 3.32. The zero-order valence-corrected chi connectivity index (χ0v) is 11.7. The van der Waals surface area contributed by atoms with E-state index in [-0.39, 0.29) is 0 Å². The summed E-state index contributed by atoms with van der Waals surface area (Å²) in [6.07, 6.45) is 0. The van der Waals surface area contributed by atoms with Crippen LogP contribution in [0.2, 0.25) is 0 Å². The Kier molecular flexibility index (Phi) is 3.89. The number of nitrogens with one attached hydrogen (secondary N) is 2. The second-order valence-corrected chi connectivity index (χ2v) is 4.83. The van der Waals surface area contributed by atoms with Gasteiger partial charge in [0.25, 0.3) is 0 Å². The number of anilines is 2. The monoisotopic (exact) mass is 316 g/mol. The lowest BCUT2D eigenvalue weighted by Gasteiger charge is -2.11. The van der Waals surface area contributed by atoms with Gasteiger partial charge in [-0.3, -0.25) is 0 Å². The Bertz CT molecular complexity index is 891.